The first-order chi connectivity index (χ1) is 12.0. The lowest BCUT2D eigenvalue weighted by Gasteiger charge is -2.32. The lowest BCUT2D eigenvalue weighted by atomic mass is 9.71. The van der Waals surface area contributed by atoms with Crippen molar-refractivity contribution >= 4 is 11.8 Å². The number of carboxylic acids is 1. The number of benzene rings is 2. The first kappa shape index (κ1) is 18.4. The summed E-state index contributed by atoms with van der Waals surface area (Å²) in [7, 11) is 0. The van der Waals surface area contributed by atoms with Gasteiger partial charge in [0, 0.05) is 11.1 Å². The minimum absolute atomic E-state index is 0.00178. The first-order valence-corrected chi connectivity index (χ1v) is 9.01. The molecule has 3 rings (SSSR count). The van der Waals surface area contributed by atoms with E-state index in [-0.39, 0.29) is 22.2 Å². The molecule has 0 saturated carbocycles. The van der Waals surface area contributed by atoms with Gasteiger partial charge >= 0.3 is 5.97 Å². The number of hydrogen-bond donors (Lipinski definition) is 1. The zero-order chi connectivity index (χ0) is 19.4. The van der Waals surface area contributed by atoms with E-state index in [1.54, 1.807) is 19.1 Å². The Kier molecular flexibility index (Phi) is 4.10. The van der Waals surface area contributed by atoms with Gasteiger partial charge in [0.15, 0.2) is 5.78 Å². The molecule has 3 nitrogen and oxygen atoms in total. The van der Waals surface area contributed by atoms with Crippen LogP contribution in [-0.4, -0.2) is 16.9 Å². The Morgan fingerprint density at radius 1 is 0.885 bits per heavy atom. The van der Waals surface area contributed by atoms with Crippen molar-refractivity contribution in [1.29, 1.82) is 0 Å². The molecule has 1 N–H and O–H groups in total. The first-order valence-electron chi connectivity index (χ1n) is 9.01. The number of hydrogen-bond acceptors (Lipinski definition) is 2. The number of fused-ring (bicyclic) bond motifs is 1. The molecule has 1 unspecified atom stereocenters. The Bertz CT molecular complexity index is 919. The van der Waals surface area contributed by atoms with Crippen LogP contribution in [0, 0.1) is 12.8 Å². The summed E-state index contributed by atoms with van der Waals surface area (Å²) in [6, 6.07) is 10.8. The van der Waals surface area contributed by atoms with Crippen LogP contribution in [0.2, 0.25) is 0 Å². The average Bonchev–Trinajstić information content (AvgIpc) is 2.71. The summed E-state index contributed by atoms with van der Waals surface area (Å²) in [6.45, 7) is 13.0. The van der Waals surface area contributed by atoms with Gasteiger partial charge in [0.1, 0.15) is 0 Å². The van der Waals surface area contributed by atoms with Crippen LogP contribution in [0.25, 0.3) is 0 Å². The lowest BCUT2D eigenvalue weighted by molar-refractivity contribution is 0.0695. The maximum atomic E-state index is 13.0. The van der Waals surface area contributed by atoms with E-state index in [4.69, 9.17) is 5.11 Å². The lowest BCUT2D eigenvalue weighted by Crippen LogP contribution is -2.30. The van der Waals surface area contributed by atoms with E-state index in [2.05, 4.69) is 40.7 Å². The van der Waals surface area contributed by atoms with Gasteiger partial charge in [0.05, 0.1) is 5.56 Å². The molecule has 0 saturated heterocycles. The largest absolute Gasteiger partial charge is 0.478 e. The molecule has 2 aromatic carbocycles. The van der Waals surface area contributed by atoms with Gasteiger partial charge in [-0.25, -0.2) is 4.79 Å². The van der Waals surface area contributed by atoms with Crippen molar-refractivity contribution in [2.75, 3.05) is 0 Å². The Balaban J connectivity index is 2.05. The monoisotopic (exact) mass is 350 g/mol. The molecule has 0 heterocycles. The minimum Gasteiger partial charge on any atom is -0.478 e. The molecule has 0 amide bonds. The van der Waals surface area contributed by atoms with E-state index in [9.17, 15) is 9.59 Å². The SMILES string of the molecule is Cc1cc(C(=O)c2ccc3c(c2)C(C)(C)C(C)C3(C)C)ccc1C(=O)O. The molecule has 1 aliphatic rings. The number of aromatic carboxylic acids is 1. The van der Waals surface area contributed by atoms with Gasteiger partial charge in [0.25, 0.3) is 0 Å². The van der Waals surface area contributed by atoms with Crippen LogP contribution in [-0.2, 0) is 10.8 Å². The van der Waals surface area contributed by atoms with Crippen molar-refractivity contribution in [3.8, 4) is 0 Å². The number of rotatable bonds is 3. The molecule has 0 spiro atoms. The highest BCUT2D eigenvalue weighted by molar-refractivity contribution is 6.09. The standard InChI is InChI=1S/C23H26O3/c1-13-11-15(7-9-17(13)21(25)26)20(24)16-8-10-18-19(12-16)23(5,6)14(2)22(18,3)4/h7-12,14H,1-6H3,(H,25,26). The van der Waals surface area contributed by atoms with Crippen molar-refractivity contribution in [1.82, 2.24) is 0 Å². The highest BCUT2D eigenvalue weighted by Gasteiger charge is 2.48. The van der Waals surface area contributed by atoms with Crippen LogP contribution in [0.4, 0.5) is 0 Å². The average molecular weight is 350 g/mol. The maximum absolute atomic E-state index is 13.0. The quantitative estimate of drug-likeness (QED) is 0.781. The number of carbonyl (C=O) groups is 2. The van der Waals surface area contributed by atoms with Gasteiger partial charge in [0.2, 0.25) is 0 Å². The predicted octanol–water partition coefficient (Wildman–Crippen LogP) is 5.13. The number of aryl methyl sites for hydroxylation is 1. The Hall–Kier alpha value is -2.42. The summed E-state index contributed by atoms with van der Waals surface area (Å²) in [4.78, 5) is 24.2. The molecule has 0 fully saturated rings. The van der Waals surface area contributed by atoms with Gasteiger partial charge in [-0.1, -0.05) is 52.8 Å². The Labute approximate surface area is 155 Å². The summed E-state index contributed by atoms with van der Waals surface area (Å²) in [6.07, 6.45) is 0. The smallest absolute Gasteiger partial charge is 0.335 e. The fourth-order valence-electron chi connectivity index (χ4n) is 4.36. The molecular weight excluding hydrogens is 324 g/mol. The van der Waals surface area contributed by atoms with Gasteiger partial charge in [-0.3, -0.25) is 4.79 Å². The third-order valence-electron chi connectivity index (χ3n) is 6.55. The van der Waals surface area contributed by atoms with Gasteiger partial charge in [-0.05, 0) is 58.6 Å². The van der Waals surface area contributed by atoms with Crippen molar-refractivity contribution < 1.29 is 14.7 Å². The number of ketones is 1. The highest BCUT2D eigenvalue weighted by Crippen LogP contribution is 2.53. The normalized spacial score (nSPS) is 19.8. The van der Waals surface area contributed by atoms with Crippen LogP contribution in [0.1, 0.15) is 77.6 Å². The zero-order valence-electron chi connectivity index (χ0n) is 16.3. The molecule has 1 aliphatic carbocycles. The molecule has 26 heavy (non-hydrogen) atoms. The zero-order valence-corrected chi connectivity index (χ0v) is 16.3. The van der Waals surface area contributed by atoms with Gasteiger partial charge in [-0.15, -0.1) is 0 Å². The van der Waals surface area contributed by atoms with Crippen LogP contribution < -0.4 is 0 Å². The van der Waals surface area contributed by atoms with E-state index in [1.165, 1.54) is 17.2 Å². The number of carboxylic acid groups (broad SMARTS) is 1. The number of carbonyl (C=O) groups excluding carboxylic acids is 1. The predicted molar refractivity (Wildman–Crippen MR) is 103 cm³/mol. The summed E-state index contributed by atoms with van der Waals surface area (Å²) >= 11 is 0. The molecule has 0 radical (unpaired) electrons. The van der Waals surface area contributed by atoms with Gasteiger partial charge < -0.3 is 5.11 Å². The molecule has 136 valence electrons. The topological polar surface area (TPSA) is 54.4 Å². The van der Waals surface area contributed by atoms with Crippen molar-refractivity contribution in [3.63, 3.8) is 0 Å². The van der Waals surface area contributed by atoms with Crippen molar-refractivity contribution in [3.05, 3.63) is 69.8 Å². The Morgan fingerprint density at radius 2 is 1.42 bits per heavy atom. The van der Waals surface area contributed by atoms with E-state index in [0.717, 1.165) is 0 Å². The van der Waals surface area contributed by atoms with Crippen LogP contribution in [0.3, 0.4) is 0 Å². The third-order valence-corrected chi connectivity index (χ3v) is 6.55. The summed E-state index contributed by atoms with van der Waals surface area (Å²) in [5, 5.41) is 9.16. The van der Waals surface area contributed by atoms with Crippen LogP contribution in [0.15, 0.2) is 36.4 Å². The van der Waals surface area contributed by atoms with Crippen LogP contribution in [0.5, 0.6) is 0 Å². The molecule has 1 atom stereocenters. The maximum Gasteiger partial charge on any atom is 0.335 e. The van der Waals surface area contributed by atoms with Crippen molar-refractivity contribution in [2.45, 2.75) is 52.4 Å². The fraction of sp³-hybridized carbons (Fsp3) is 0.391. The summed E-state index contributed by atoms with van der Waals surface area (Å²) < 4.78 is 0. The van der Waals surface area contributed by atoms with Gasteiger partial charge in [-0.2, -0.15) is 0 Å². The minimum atomic E-state index is -0.975. The van der Waals surface area contributed by atoms with Crippen molar-refractivity contribution in [2.24, 2.45) is 5.92 Å². The third kappa shape index (κ3) is 2.57. The molecule has 2 aromatic rings. The van der Waals surface area contributed by atoms with E-state index in [0.29, 0.717) is 22.6 Å². The fourth-order valence-corrected chi connectivity index (χ4v) is 4.36. The second kappa shape index (κ2) is 5.80. The molecule has 3 heteroatoms. The molecule has 0 aromatic heterocycles. The molecule has 0 bridgehead atoms. The van der Waals surface area contributed by atoms with E-state index >= 15 is 0 Å². The molecular formula is C23H26O3. The second-order valence-corrected chi connectivity index (χ2v) is 8.59. The summed E-state index contributed by atoms with van der Waals surface area (Å²) in [5.41, 5.74) is 4.62. The molecule has 0 aliphatic heterocycles. The van der Waals surface area contributed by atoms with Crippen LogP contribution >= 0.6 is 0 Å². The Morgan fingerprint density at radius 3 is 2.00 bits per heavy atom. The highest BCUT2D eigenvalue weighted by atomic mass is 16.4. The summed E-state index contributed by atoms with van der Waals surface area (Å²) in [5.74, 6) is -0.578. The van der Waals surface area contributed by atoms with E-state index in [1.807, 2.05) is 12.1 Å². The van der Waals surface area contributed by atoms with E-state index < -0.39 is 5.97 Å². The second-order valence-electron chi connectivity index (χ2n) is 8.59.